The Morgan fingerprint density at radius 1 is 1.50 bits per heavy atom. The fourth-order valence-electron chi connectivity index (χ4n) is 1.40. The van der Waals surface area contributed by atoms with E-state index >= 15 is 0 Å². The third kappa shape index (κ3) is 2.19. The summed E-state index contributed by atoms with van der Waals surface area (Å²) >= 11 is 1.29. The third-order valence-electron chi connectivity index (χ3n) is 2.27. The maximum absolute atomic E-state index is 10.8. The van der Waals surface area contributed by atoms with Gasteiger partial charge in [0.05, 0.1) is 18.7 Å². The van der Waals surface area contributed by atoms with E-state index in [4.69, 9.17) is 9.84 Å². The molecule has 1 heterocycles. The molecule has 0 radical (unpaired) electrons. The van der Waals surface area contributed by atoms with Gasteiger partial charge in [-0.15, -0.1) is 0 Å². The molecule has 0 bridgehead atoms. The van der Waals surface area contributed by atoms with Gasteiger partial charge in [-0.1, -0.05) is 11.8 Å². The number of methoxy groups -OCH3 is 1. The highest BCUT2D eigenvalue weighted by Crippen LogP contribution is 2.26. The number of carbonyl (C=O) groups is 1. The Morgan fingerprint density at radius 3 is 2.69 bits per heavy atom. The molecule has 0 fully saturated rings. The first-order chi connectivity index (χ1) is 7.70. The van der Waals surface area contributed by atoms with Gasteiger partial charge in [0.15, 0.2) is 0 Å². The minimum atomic E-state index is -0.808. The van der Waals surface area contributed by atoms with Gasteiger partial charge in [-0.25, -0.2) is 0 Å². The Balaban J connectivity index is 2.11. The van der Waals surface area contributed by atoms with E-state index in [1.54, 1.807) is 7.11 Å². The van der Waals surface area contributed by atoms with Crippen LogP contribution in [-0.4, -0.2) is 35.0 Å². The number of hydrogen-bond acceptors (Lipinski definition) is 4. The summed E-state index contributed by atoms with van der Waals surface area (Å²) in [5.41, 5.74) is 0.939. The molecule has 1 aromatic carbocycles. The molecule has 4 nitrogen and oxygen atoms in total. The molecule has 1 aromatic rings. The quantitative estimate of drug-likeness (QED) is 0.868. The zero-order valence-electron chi connectivity index (χ0n) is 8.71. The maximum Gasteiger partial charge on any atom is 0.318 e. The van der Waals surface area contributed by atoms with Crippen molar-refractivity contribution in [2.24, 2.45) is 4.99 Å². The molecule has 1 unspecified atom stereocenters. The van der Waals surface area contributed by atoms with Crippen LogP contribution in [0, 0.1) is 0 Å². The van der Waals surface area contributed by atoms with Crippen LogP contribution < -0.4 is 4.74 Å². The number of hydrogen-bond donors (Lipinski definition) is 1. The van der Waals surface area contributed by atoms with Crippen molar-refractivity contribution in [3.63, 3.8) is 0 Å². The zero-order chi connectivity index (χ0) is 11.5. The Bertz CT molecular complexity index is 427. The van der Waals surface area contributed by atoms with Crippen molar-refractivity contribution >= 4 is 22.8 Å². The van der Waals surface area contributed by atoms with E-state index < -0.39 is 11.2 Å². The first-order valence-corrected chi connectivity index (χ1v) is 5.67. The Morgan fingerprint density at radius 2 is 2.19 bits per heavy atom. The van der Waals surface area contributed by atoms with Gasteiger partial charge in [0.2, 0.25) is 0 Å². The molecule has 1 aliphatic heterocycles. The second-order valence-corrected chi connectivity index (χ2v) is 4.51. The molecule has 1 aliphatic rings. The van der Waals surface area contributed by atoms with E-state index in [0.717, 1.165) is 16.4 Å². The van der Waals surface area contributed by atoms with Crippen LogP contribution in [0.15, 0.2) is 29.3 Å². The molecule has 16 heavy (non-hydrogen) atoms. The summed E-state index contributed by atoms with van der Waals surface area (Å²) in [6.07, 6.45) is 0. The second kappa shape index (κ2) is 4.57. The molecular weight excluding hydrogens is 226 g/mol. The van der Waals surface area contributed by atoms with Crippen molar-refractivity contribution in [1.82, 2.24) is 0 Å². The van der Waals surface area contributed by atoms with Crippen molar-refractivity contribution in [3.05, 3.63) is 29.8 Å². The maximum atomic E-state index is 10.8. The van der Waals surface area contributed by atoms with Crippen LogP contribution in [0.3, 0.4) is 0 Å². The van der Waals surface area contributed by atoms with Gasteiger partial charge in [0.25, 0.3) is 0 Å². The number of aliphatic carboxylic acids is 1. The van der Waals surface area contributed by atoms with Crippen LogP contribution in [0.25, 0.3) is 0 Å². The van der Waals surface area contributed by atoms with Gasteiger partial charge >= 0.3 is 5.97 Å². The molecule has 0 saturated heterocycles. The van der Waals surface area contributed by atoms with Crippen molar-refractivity contribution in [3.8, 4) is 5.75 Å². The van der Waals surface area contributed by atoms with E-state index in [0.29, 0.717) is 6.54 Å². The topological polar surface area (TPSA) is 58.9 Å². The largest absolute Gasteiger partial charge is 0.497 e. The fourth-order valence-corrected chi connectivity index (χ4v) is 2.34. The zero-order valence-corrected chi connectivity index (χ0v) is 9.53. The molecule has 1 N–H and O–H groups in total. The fraction of sp³-hybridized carbons (Fsp3) is 0.273. The summed E-state index contributed by atoms with van der Waals surface area (Å²) in [7, 11) is 1.61. The van der Waals surface area contributed by atoms with Crippen molar-refractivity contribution in [1.29, 1.82) is 0 Å². The first kappa shape index (κ1) is 11.0. The first-order valence-electron chi connectivity index (χ1n) is 4.79. The smallest absolute Gasteiger partial charge is 0.318 e. The van der Waals surface area contributed by atoms with Crippen LogP contribution in [-0.2, 0) is 4.79 Å². The van der Waals surface area contributed by atoms with Crippen LogP contribution in [0.2, 0.25) is 0 Å². The second-order valence-electron chi connectivity index (χ2n) is 3.32. The lowest BCUT2D eigenvalue weighted by atomic mass is 10.2. The molecule has 84 valence electrons. The number of aliphatic imine (C=N–C) groups is 1. The number of ether oxygens (including phenoxy) is 1. The highest BCUT2D eigenvalue weighted by atomic mass is 32.2. The summed E-state index contributed by atoms with van der Waals surface area (Å²) in [5, 5.41) is 9.19. The Hall–Kier alpha value is -1.49. The van der Waals surface area contributed by atoms with Crippen molar-refractivity contribution < 1.29 is 14.6 Å². The van der Waals surface area contributed by atoms with E-state index in [2.05, 4.69) is 4.99 Å². The number of rotatable bonds is 3. The highest BCUT2D eigenvalue weighted by Gasteiger charge is 2.26. The van der Waals surface area contributed by atoms with Gasteiger partial charge in [0.1, 0.15) is 11.0 Å². The number of thioether (sulfide) groups is 1. The Kier molecular flexibility index (Phi) is 3.14. The van der Waals surface area contributed by atoms with Gasteiger partial charge in [-0.3, -0.25) is 9.79 Å². The van der Waals surface area contributed by atoms with Gasteiger partial charge < -0.3 is 9.84 Å². The molecule has 0 saturated carbocycles. The Labute approximate surface area is 97.3 Å². The SMILES string of the molecule is COc1ccc(C2=NCC(C(=O)O)S2)cc1. The number of benzene rings is 1. The summed E-state index contributed by atoms with van der Waals surface area (Å²) < 4.78 is 5.05. The lowest BCUT2D eigenvalue weighted by Crippen LogP contribution is -2.16. The van der Waals surface area contributed by atoms with Gasteiger partial charge in [0, 0.05) is 5.56 Å². The van der Waals surface area contributed by atoms with Gasteiger partial charge in [-0.2, -0.15) is 0 Å². The van der Waals surface area contributed by atoms with Crippen molar-refractivity contribution in [2.75, 3.05) is 13.7 Å². The normalized spacial score (nSPS) is 19.3. The average molecular weight is 237 g/mol. The lowest BCUT2D eigenvalue weighted by Gasteiger charge is -2.03. The van der Waals surface area contributed by atoms with Crippen molar-refractivity contribution in [2.45, 2.75) is 5.25 Å². The van der Waals surface area contributed by atoms with E-state index in [1.807, 2.05) is 24.3 Å². The standard InChI is InChI=1S/C11H11NO3S/c1-15-8-4-2-7(3-5-8)10-12-6-9(16-10)11(13)14/h2-5,9H,6H2,1H3,(H,13,14). The number of nitrogens with zero attached hydrogens (tertiary/aromatic N) is 1. The van der Waals surface area contributed by atoms with Crippen LogP contribution in [0.4, 0.5) is 0 Å². The van der Waals surface area contributed by atoms with E-state index in [9.17, 15) is 4.79 Å². The minimum absolute atomic E-state index is 0.349. The van der Waals surface area contributed by atoms with E-state index in [1.165, 1.54) is 11.8 Å². The molecule has 0 amide bonds. The van der Waals surface area contributed by atoms with Crippen LogP contribution in [0.1, 0.15) is 5.56 Å². The molecule has 2 rings (SSSR count). The molecule has 1 atom stereocenters. The predicted octanol–water partition coefficient (Wildman–Crippen LogP) is 1.64. The molecule has 0 aliphatic carbocycles. The average Bonchev–Trinajstić information content (AvgIpc) is 2.78. The summed E-state index contributed by atoms with van der Waals surface area (Å²) in [5.74, 6) is -0.0283. The molecule has 5 heteroatoms. The molecule has 0 spiro atoms. The molecule has 0 aromatic heterocycles. The minimum Gasteiger partial charge on any atom is -0.497 e. The number of carboxylic acid groups (broad SMARTS) is 1. The van der Waals surface area contributed by atoms with Crippen LogP contribution >= 0.6 is 11.8 Å². The molecular formula is C11H11NO3S. The summed E-state index contributed by atoms with van der Waals surface area (Å²) in [4.78, 5) is 15.0. The summed E-state index contributed by atoms with van der Waals surface area (Å²) in [6.45, 7) is 0.349. The van der Waals surface area contributed by atoms with Gasteiger partial charge in [-0.05, 0) is 24.3 Å². The third-order valence-corrected chi connectivity index (χ3v) is 3.49. The van der Waals surface area contributed by atoms with Crippen LogP contribution in [0.5, 0.6) is 5.75 Å². The summed E-state index contributed by atoms with van der Waals surface area (Å²) in [6, 6.07) is 7.45. The predicted molar refractivity (Wildman–Crippen MR) is 63.4 cm³/mol. The monoisotopic (exact) mass is 237 g/mol. The number of carboxylic acids is 1. The lowest BCUT2D eigenvalue weighted by molar-refractivity contribution is -0.136. The van der Waals surface area contributed by atoms with E-state index in [-0.39, 0.29) is 0 Å². The highest BCUT2D eigenvalue weighted by molar-refractivity contribution is 8.15.